The van der Waals surface area contributed by atoms with Crippen LogP contribution in [0.4, 0.5) is 5.69 Å². The van der Waals surface area contributed by atoms with E-state index in [9.17, 15) is 9.59 Å². The molecule has 29 heavy (non-hydrogen) atoms. The van der Waals surface area contributed by atoms with Gasteiger partial charge in [-0.1, -0.05) is 54.1 Å². The van der Waals surface area contributed by atoms with Crippen molar-refractivity contribution in [2.75, 3.05) is 11.4 Å². The number of benzene rings is 2. The Morgan fingerprint density at radius 2 is 1.86 bits per heavy atom. The van der Waals surface area contributed by atoms with Gasteiger partial charge < -0.3 is 10.2 Å². The van der Waals surface area contributed by atoms with Crippen molar-refractivity contribution in [3.05, 3.63) is 100 Å². The number of hydrogen-bond donors (Lipinski definition) is 1. The second kappa shape index (κ2) is 9.85. The third-order valence-corrected chi connectivity index (χ3v) is 5.31. The molecule has 1 heterocycles. The molecule has 0 saturated heterocycles. The first-order chi connectivity index (χ1) is 14.1. The van der Waals surface area contributed by atoms with E-state index in [0.717, 1.165) is 22.4 Å². The summed E-state index contributed by atoms with van der Waals surface area (Å²) in [6, 6.07) is 19.5. The summed E-state index contributed by atoms with van der Waals surface area (Å²) in [6.07, 6.45) is 1.95. The average Bonchev–Trinajstić information content (AvgIpc) is 3.26. The van der Waals surface area contributed by atoms with Gasteiger partial charge in [-0.3, -0.25) is 9.59 Å². The molecule has 5 heteroatoms. The van der Waals surface area contributed by atoms with Crippen LogP contribution in [0.25, 0.3) is 0 Å². The Bertz CT molecular complexity index is 978. The van der Waals surface area contributed by atoms with Crippen molar-refractivity contribution < 1.29 is 9.59 Å². The van der Waals surface area contributed by atoms with Crippen LogP contribution in [0.5, 0.6) is 0 Å². The Kier molecular flexibility index (Phi) is 6.98. The van der Waals surface area contributed by atoms with E-state index in [2.05, 4.69) is 18.0 Å². The molecule has 0 aliphatic heterocycles. The van der Waals surface area contributed by atoms with Gasteiger partial charge in [0, 0.05) is 12.2 Å². The molecule has 0 spiro atoms. The van der Waals surface area contributed by atoms with Crippen LogP contribution in [0.1, 0.15) is 26.4 Å². The van der Waals surface area contributed by atoms with Crippen molar-refractivity contribution in [2.24, 2.45) is 0 Å². The molecule has 0 radical (unpaired) electrons. The summed E-state index contributed by atoms with van der Waals surface area (Å²) in [5.41, 5.74) is 3.93. The van der Waals surface area contributed by atoms with Crippen molar-refractivity contribution in [3.63, 3.8) is 0 Å². The molecule has 2 aromatic carbocycles. The van der Waals surface area contributed by atoms with Gasteiger partial charge in [0.05, 0.1) is 17.8 Å². The lowest BCUT2D eigenvalue weighted by atomic mass is 10.1. The lowest BCUT2D eigenvalue weighted by molar-refractivity contribution is -0.120. The van der Waals surface area contributed by atoms with E-state index >= 15 is 0 Å². The van der Waals surface area contributed by atoms with Crippen molar-refractivity contribution in [2.45, 2.75) is 19.9 Å². The Balaban J connectivity index is 1.82. The number of aryl methyl sites for hydroxylation is 1. The second-order valence-corrected chi connectivity index (χ2v) is 7.74. The summed E-state index contributed by atoms with van der Waals surface area (Å²) < 4.78 is 0. The summed E-state index contributed by atoms with van der Waals surface area (Å²) >= 11 is 1.43. The summed E-state index contributed by atoms with van der Waals surface area (Å²) in [4.78, 5) is 27.5. The number of thiophene rings is 1. The molecule has 2 amide bonds. The van der Waals surface area contributed by atoms with E-state index in [1.165, 1.54) is 11.3 Å². The molecular formula is C24H24N2O2S. The molecule has 3 rings (SSSR count). The minimum atomic E-state index is -0.0519. The first-order valence-electron chi connectivity index (χ1n) is 9.44. The highest BCUT2D eigenvalue weighted by molar-refractivity contribution is 7.12. The highest BCUT2D eigenvalue weighted by atomic mass is 32.1. The highest BCUT2D eigenvalue weighted by Crippen LogP contribution is 2.23. The van der Waals surface area contributed by atoms with E-state index in [0.29, 0.717) is 24.4 Å². The molecule has 0 fully saturated rings. The number of anilines is 1. The Labute approximate surface area is 175 Å². The normalized spacial score (nSPS) is 10.4. The fraction of sp³-hybridized carbons (Fsp3) is 0.167. The van der Waals surface area contributed by atoms with Crippen LogP contribution >= 0.6 is 11.3 Å². The van der Waals surface area contributed by atoms with Gasteiger partial charge in [-0.05, 0) is 41.6 Å². The number of amides is 2. The van der Waals surface area contributed by atoms with E-state index in [-0.39, 0.29) is 11.8 Å². The maximum atomic E-state index is 13.1. The monoisotopic (exact) mass is 404 g/mol. The summed E-state index contributed by atoms with van der Waals surface area (Å²) in [5, 5.41) is 4.68. The molecule has 1 N–H and O–H groups in total. The fourth-order valence-corrected chi connectivity index (χ4v) is 3.71. The zero-order valence-corrected chi connectivity index (χ0v) is 17.2. The van der Waals surface area contributed by atoms with Gasteiger partial charge >= 0.3 is 0 Å². The van der Waals surface area contributed by atoms with Crippen LogP contribution in [0.2, 0.25) is 0 Å². The van der Waals surface area contributed by atoms with Crippen LogP contribution in [-0.2, 0) is 17.8 Å². The fourth-order valence-electron chi connectivity index (χ4n) is 3.03. The molecule has 4 nitrogen and oxygen atoms in total. The van der Waals surface area contributed by atoms with Gasteiger partial charge in [-0.15, -0.1) is 17.9 Å². The number of carbonyl (C=O) groups is 2. The van der Waals surface area contributed by atoms with Crippen LogP contribution in [-0.4, -0.2) is 18.4 Å². The zero-order chi connectivity index (χ0) is 20.6. The number of carbonyl (C=O) groups excluding carboxylic acids is 2. The quantitative estimate of drug-likeness (QED) is 0.551. The third-order valence-electron chi connectivity index (χ3n) is 4.46. The van der Waals surface area contributed by atoms with Gasteiger partial charge in [0.15, 0.2) is 0 Å². The standard InChI is InChI=1S/C24H24N2O2S/c1-3-13-25-23(27)16-19-9-11-21(12-10-19)26(24(28)22-8-5-14-29-22)17-20-7-4-6-18(2)15-20/h3-12,14-15H,1,13,16-17H2,2H3,(H,25,27). The minimum absolute atomic E-state index is 0.0296. The predicted molar refractivity (Wildman–Crippen MR) is 119 cm³/mol. The number of nitrogens with one attached hydrogen (secondary N) is 1. The van der Waals surface area contributed by atoms with Crippen LogP contribution in [0, 0.1) is 6.92 Å². The lowest BCUT2D eigenvalue weighted by Crippen LogP contribution is -2.30. The zero-order valence-electron chi connectivity index (χ0n) is 16.4. The Hall–Kier alpha value is -3.18. The number of hydrogen-bond acceptors (Lipinski definition) is 3. The van der Waals surface area contributed by atoms with Gasteiger partial charge in [-0.2, -0.15) is 0 Å². The maximum absolute atomic E-state index is 13.1. The minimum Gasteiger partial charge on any atom is -0.352 e. The SMILES string of the molecule is C=CCNC(=O)Cc1ccc(N(Cc2cccc(C)c2)C(=O)c2cccs2)cc1. The van der Waals surface area contributed by atoms with Gasteiger partial charge in [-0.25, -0.2) is 0 Å². The van der Waals surface area contributed by atoms with Crippen LogP contribution in [0.3, 0.4) is 0 Å². The van der Waals surface area contributed by atoms with Gasteiger partial charge in [0.2, 0.25) is 5.91 Å². The first-order valence-corrected chi connectivity index (χ1v) is 10.3. The molecule has 0 unspecified atom stereocenters. The largest absolute Gasteiger partial charge is 0.352 e. The first kappa shape index (κ1) is 20.6. The number of rotatable bonds is 8. The maximum Gasteiger partial charge on any atom is 0.268 e. The van der Waals surface area contributed by atoms with E-state index in [4.69, 9.17) is 0 Å². The smallest absolute Gasteiger partial charge is 0.268 e. The number of nitrogens with zero attached hydrogens (tertiary/aromatic N) is 1. The molecular weight excluding hydrogens is 380 g/mol. The molecule has 0 saturated carbocycles. The molecule has 3 aromatic rings. The van der Waals surface area contributed by atoms with Crippen molar-refractivity contribution in [1.82, 2.24) is 5.32 Å². The molecule has 0 atom stereocenters. The van der Waals surface area contributed by atoms with E-state index < -0.39 is 0 Å². The predicted octanol–water partition coefficient (Wildman–Crippen LogP) is 4.75. The third kappa shape index (κ3) is 5.65. The topological polar surface area (TPSA) is 49.4 Å². The molecule has 0 bridgehead atoms. The average molecular weight is 405 g/mol. The molecule has 1 aromatic heterocycles. The molecule has 148 valence electrons. The lowest BCUT2D eigenvalue weighted by Gasteiger charge is -2.23. The van der Waals surface area contributed by atoms with Gasteiger partial charge in [0.1, 0.15) is 0 Å². The van der Waals surface area contributed by atoms with E-state index in [1.54, 1.807) is 11.0 Å². The summed E-state index contributed by atoms with van der Waals surface area (Å²) in [5.74, 6) is -0.0816. The molecule has 0 aliphatic rings. The summed E-state index contributed by atoms with van der Waals surface area (Å²) in [7, 11) is 0. The van der Waals surface area contributed by atoms with Gasteiger partial charge in [0.25, 0.3) is 5.91 Å². The van der Waals surface area contributed by atoms with Crippen molar-refractivity contribution in [3.8, 4) is 0 Å². The molecule has 0 aliphatic carbocycles. The van der Waals surface area contributed by atoms with Crippen molar-refractivity contribution >= 4 is 28.8 Å². The van der Waals surface area contributed by atoms with E-state index in [1.807, 2.05) is 66.9 Å². The van der Waals surface area contributed by atoms with Crippen LogP contribution < -0.4 is 10.2 Å². The van der Waals surface area contributed by atoms with Crippen LogP contribution in [0.15, 0.2) is 78.7 Å². The second-order valence-electron chi connectivity index (χ2n) is 6.79. The van der Waals surface area contributed by atoms with Crippen molar-refractivity contribution in [1.29, 1.82) is 0 Å². The highest BCUT2D eigenvalue weighted by Gasteiger charge is 2.19. The Morgan fingerprint density at radius 3 is 2.52 bits per heavy atom. The summed E-state index contributed by atoms with van der Waals surface area (Å²) in [6.45, 7) is 6.58. The Morgan fingerprint density at radius 1 is 1.07 bits per heavy atom.